The van der Waals surface area contributed by atoms with E-state index in [0.717, 1.165) is 28.2 Å². The molecule has 2 saturated heterocycles. The molecule has 98 heavy (non-hydrogen) atoms. The Balaban J connectivity index is 0.000000355. The number of hydrogen-bond donors (Lipinski definition) is 1. The molecule has 0 aromatic heterocycles. The summed E-state index contributed by atoms with van der Waals surface area (Å²) in [7, 11) is 6.00. The highest BCUT2D eigenvalue weighted by Crippen LogP contribution is 2.37. The van der Waals surface area contributed by atoms with Gasteiger partial charge in [0.05, 0.1) is 39.3 Å². The molecule has 26 heteroatoms. The Morgan fingerprint density at radius 2 is 0.929 bits per heavy atom. The van der Waals surface area contributed by atoms with E-state index in [-0.39, 0.29) is 74.6 Å². The highest BCUT2D eigenvalue weighted by molar-refractivity contribution is 6.39. The molecule has 4 aromatic carbocycles. The van der Waals surface area contributed by atoms with E-state index in [9.17, 15) is 47.9 Å². The molecular weight excluding hydrogens is 1280 g/mol. The van der Waals surface area contributed by atoms with Crippen LogP contribution in [0.3, 0.4) is 0 Å². The fraction of sp³-hybridized carbons (Fsp3) is 0.472. The third-order valence-electron chi connectivity index (χ3n) is 15.8. The minimum atomic E-state index is -1.39. The van der Waals surface area contributed by atoms with Crippen LogP contribution in [0.1, 0.15) is 134 Å². The predicted molar refractivity (Wildman–Crippen MR) is 349 cm³/mol. The second-order valence-corrected chi connectivity index (χ2v) is 25.3. The van der Waals surface area contributed by atoms with Crippen LogP contribution >= 0.6 is 0 Å². The lowest BCUT2D eigenvalue weighted by Crippen LogP contribution is -2.53. The standard InChI is InChI=1S/C38H48FNO11.C34H40FNO11/c1-9-31(41)49-23-38(5,6)34(43)35(44)40-20-11-10-14-26(40)36(45)50-27(18-16-24-17-19-28(46-7)30(21-24)47-8)25-13-12-15-29(33(25)39)48-22-32(42)51-37(2,3)4;1-6-29(39)46-20-34(2,3)31(40)32(41)36-17-8-7-11-23(36)33(42)47-24(15-13-21-14-16-25(43-4)27(18-21)44-5)22-10-9-12-26(30(22)35)45-19-28(37)38/h9,12-13,15,17,19,21,26-27H,1,10-11,14,16,18,20,22-23H2,2-8H3;6,9-10,12,14,16,18,23-24H,1,7-8,11,13,15,17,19-20H2,2-5H3,(H,37,38)/t26-,27+;23-,24+/m00/s1. The highest BCUT2D eigenvalue weighted by atomic mass is 19.1. The number of ether oxygens (including phenoxy) is 11. The molecule has 24 nitrogen and oxygen atoms in total. The van der Waals surface area contributed by atoms with E-state index in [1.165, 1.54) is 97.4 Å². The van der Waals surface area contributed by atoms with Crippen molar-refractivity contribution in [2.24, 2.45) is 10.8 Å². The highest BCUT2D eigenvalue weighted by Gasteiger charge is 2.45. The fourth-order valence-corrected chi connectivity index (χ4v) is 10.5. The van der Waals surface area contributed by atoms with Gasteiger partial charge in [-0.15, -0.1) is 0 Å². The second-order valence-electron chi connectivity index (χ2n) is 25.3. The number of hydrogen-bond acceptors (Lipinski definition) is 21. The van der Waals surface area contributed by atoms with Crippen LogP contribution < -0.4 is 28.4 Å². The van der Waals surface area contributed by atoms with Crippen LogP contribution in [0.5, 0.6) is 34.5 Å². The van der Waals surface area contributed by atoms with E-state index < -0.39 is 125 Å². The Hall–Kier alpha value is -9.88. The molecule has 4 aromatic rings. The summed E-state index contributed by atoms with van der Waals surface area (Å²) in [5.41, 5.74) is -2.06. The lowest BCUT2D eigenvalue weighted by Gasteiger charge is -2.36. The summed E-state index contributed by atoms with van der Waals surface area (Å²) >= 11 is 0. The molecule has 0 aliphatic carbocycles. The molecule has 0 radical (unpaired) electrons. The molecular formula is C72H88F2N2O22. The van der Waals surface area contributed by atoms with Crippen LogP contribution in [-0.4, -0.2) is 160 Å². The minimum absolute atomic E-state index is 0.0135. The number of aryl methyl sites for hydroxylation is 2. The number of carbonyl (C=O) groups is 10. The molecule has 2 fully saturated rings. The number of methoxy groups -OCH3 is 4. The molecule has 1 N–H and O–H groups in total. The number of aliphatic carboxylic acids is 1. The van der Waals surface area contributed by atoms with Crippen LogP contribution in [0, 0.1) is 22.5 Å². The number of esters is 5. The first-order valence-corrected chi connectivity index (χ1v) is 31.7. The maximum atomic E-state index is 16.1. The van der Waals surface area contributed by atoms with Gasteiger partial charge in [-0.05, 0) is 160 Å². The van der Waals surface area contributed by atoms with Gasteiger partial charge in [0.15, 0.2) is 59.3 Å². The van der Waals surface area contributed by atoms with Gasteiger partial charge in [-0.1, -0.05) is 49.6 Å². The minimum Gasteiger partial charge on any atom is -0.493 e. The third-order valence-corrected chi connectivity index (χ3v) is 15.8. The van der Waals surface area contributed by atoms with Gasteiger partial charge in [0.25, 0.3) is 11.8 Å². The Bertz CT molecular complexity index is 3540. The molecule has 0 bridgehead atoms. The molecule has 2 aliphatic rings. The van der Waals surface area contributed by atoms with Gasteiger partial charge in [0, 0.05) is 36.4 Å². The van der Waals surface area contributed by atoms with E-state index >= 15 is 8.78 Å². The van der Waals surface area contributed by atoms with Crippen LogP contribution in [0.4, 0.5) is 8.78 Å². The normalized spacial score (nSPS) is 15.2. The second kappa shape index (κ2) is 36.5. The van der Waals surface area contributed by atoms with Gasteiger partial charge in [-0.3, -0.25) is 19.2 Å². The van der Waals surface area contributed by atoms with Crippen molar-refractivity contribution in [1.29, 1.82) is 0 Å². The molecule has 6 rings (SSSR count). The maximum absolute atomic E-state index is 16.1. The number of piperidine rings is 2. The van der Waals surface area contributed by atoms with Crippen molar-refractivity contribution >= 4 is 59.2 Å². The smallest absolute Gasteiger partial charge is 0.344 e. The summed E-state index contributed by atoms with van der Waals surface area (Å²) in [5, 5.41) is 9.00. The van der Waals surface area contributed by atoms with Crippen LogP contribution in [0.2, 0.25) is 0 Å². The summed E-state index contributed by atoms with van der Waals surface area (Å²) in [6, 6.07) is 16.7. The van der Waals surface area contributed by atoms with E-state index in [0.29, 0.717) is 61.5 Å². The number of carbonyl (C=O) groups excluding carboxylic acids is 9. The number of Topliss-reactive ketones (excluding diaryl/α,β-unsaturated/α-hetero) is 2. The average Bonchev–Trinajstić information content (AvgIpc) is 0.813. The van der Waals surface area contributed by atoms with Crippen molar-refractivity contribution in [3.8, 4) is 34.5 Å². The SMILES string of the molecule is C=CC(=O)OCC(C)(C)C(=O)C(=O)N1CCCC[C@H]1C(=O)O[C@H](CCc1ccc(OC)c(OC)c1)c1cccc(OCC(=O)O)c1F.C=CC(=O)OCC(C)(C)C(=O)C(=O)N1CCCC[C@H]1C(=O)O[C@H](CCc1ccc(OC)c(OC)c1)c1cccc(OCC(=O)OC(C)(C)C)c1F. The van der Waals surface area contributed by atoms with Crippen molar-refractivity contribution in [2.45, 2.75) is 143 Å². The number of rotatable bonds is 32. The summed E-state index contributed by atoms with van der Waals surface area (Å²) < 4.78 is 91.0. The lowest BCUT2D eigenvalue weighted by atomic mass is 9.87. The number of amides is 2. The van der Waals surface area contributed by atoms with E-state index in [4.69, 9.17) is 57.2 Å². The topological polar surface area (TPSA) is 299 Å². The van der Waals surface area contributed by atoms with Crippen molar-refractivity contribution in [2.75, 3.05) is 68.0 Å². The Morgan fingerprint density at radius 1 is 0.541 bits per heavy atom. The van der Waals surface area contributed by atoms with Crippen molar-refractivity contribution in [3.63, 3.8) is 0 Å². The van der Waals surface area contributed by atoms with Gasteiger partial charge in [0.1, 0.15) is 43.1 Å². The van der Waals surface area contributed by atoms with Gasteiger partial charge in [-0.25, -0.2) is 37.5 Å². The average molecular weight is 1370 g/mol. The summed E-state index contributed by atoms with van der Waals surface area (Å²) in [6.45, 7) is 15.7. The number of nitrogens with zero attached hydrogens (tertiary/aromatic N) is 2. The van der Waals surface area contributed by atoms with Crippen molar-refractivity contribution in [1.82, 2.24) is 9.80 Å². The summed E-state index contributed by atoms with van der Waals surface area (Å²) in [5.74, 6) is -9.02. The first-order chi connectivity index (χ1) is 46.3. The third kappa shape index (κ3) is 22.3. The van der Waals surface area contributed by atoms with Crippen LogP contribution in [0.15, 0.2) is 98.1 Å². The number of carboxylic acid groups (broad SMARTS) is 1. The number of likely N-dealkylation sites (tertiary alicyclic amines) is 2. The first kappa shape index (κ1) is 78.8. The van der Waals surface area contributed by atoms with Crippen molar-refractivity contribution < 1.29 is 114 Å². The Kier molecular flexibility index (Phi) is 29.3. The molecule has 2 heterocycles. The van der Waals surface area contributed by atoms with Gasteiger partial charge in [0.2, 0.25) is 11.6 Å². The Labute approximate surface area is 568 Å². The summed E-state index contributed by atoms with van der Waals surface area (Å²) in [6.07, 6.45) is 2.99. The summed E-state index contributed by atoms with van der Waals surface area (Å²) in [4.78, 5) is 130. The number of benzene rings is 4. The largest absolute Gasteiger partial charge is 0.493 e. The van der Waals surface area contributed by atoms with Gasteiger partial charge in [-0.2, -0.15) is 0 Å². The van der Waals surface area contributed by atoms with E-state index in [1.54, 1.807) is 57.2 Å². The molecule has 0 saturated carbocycles. The van der Waals surface area contributed by atoms with E-state index in [2.05, 4.69) is 13.2 Å². The molecule has 4 atom stereocenters. The zero-order chi connectivity index (χ0) is 72.7. The van der Waals surface area contributed by atoms with Crippen LogP contribution in [-0.2, 0) is 84.5 Å². The molecule has 0 spiro atoms. The van der Waals surface area contributed by atoms with Crippen molar-refractivity contribution in [3.05, 3.63) is 132 Å². The fourth-order valence-electron chi connectivity index (χ4n) is 10.5. The zero-order valence-electron chi connectivity index (χ0n) is 57.3. The number of ketones is 2. The first-order valence-electron chi connectivity index (χ1n) is 31.7. The Morgan fingerprint density at radius 3 is 1.29 bits per heavy atom. The number of halogens is 2. The lowest BCUT2D eigenvalue weighted by molar-refractivity contribution is -0.166. The monoisotopic (exact) mass is 1370 g/mol. The maximum Gasteiger partial charge on any atom is 0.344 e. The molecule has 2 aliphatic heterocycles. The zero-order valence-corrected chi connectivity index (χ0v) is 57.3. The number of carboxylic acids is 1. The molecule has 532 valence electrons. The predicted octanol–water partition coefficient (Wildman–Crippen LogP) is 9.72. The van der Waals surface area contributed by atoms with Crippen LogP contribution in [0.25, 0.3) is 0 Å². The van der Waals surface area contributed by atoms with Gasteiger partial charge >= 0.3 is 35.8 Å². The molecule has 0 unspecified atom stereocenters. The quantitative estimate of drug-likeness (QED) is 0.0206. The van der Waals surface area contributed by atoms with Gasteiger partial charge < -0.3 is 67.0 Å². The van der Waals surface area contributed by atoms with E-state index in [1.807, 2.05) is 0 Å². The molecule has 2 amide bonds.